The quantitative estimate of drug-likeness (QED) is 0.507. The molecule has 1 unspecified atom stereocenters. The van der Waals surface area contributed by atoms with Crippen LogP contribution < -0.4 is 5.73 Å². The van der Waals surface area contributed by atoms with Crippen LogP contribution in [0.25, 0.3) is 0 Å². The van der Waals surface area contributed by atoms with Crippen LogP contribution in [0.3, 0.4) is 0 Å². The maximum absolute atomic E-state index is 11.1. The van der Waals surface area contributed by atoms with Gasteiger partial charge >= 0.3 is 0 Å². The van der Waals surface area contributed by atoms with Crippen molar-refractivity contribution in [3.05, 3.63) is 11.6 Å². The minimum absolute atomic E-state index is 0.537. The summed E-state index contributed by atoms with van der Waals surface area (Å²) in [7, 11) is -0.689. The maximum Gasteiger partial charge on any atom is 0.0357 e. The fourth-order valence-electron chi connectivity index (χ4n) is 0.869. The van der Waals surface area contributed by atoms with Gasteiger partial charge in [0.05, 0.1) is 0 Å². The normalized spacial score (nSPS) is 12.6. The van der Waals surface area contributed by atoms with Gasteiger partial charge in [0.2, 0.25) is 0 Å². The lowest BCUT2D eigenvalue weighted by molar-refractivity contribution is 0.680. The van der Waals surface area contributed by atoms with Crippen molar-refractivity contribution in [2.24, 2.45) is 5.73 Å². The topological polar surface area (TPSA) is 43.1 Å². The van der Waals surface area contributed by atoms with Crippen LogP contribution in [0.15, 0.2) is 11.6 Å². The van der Waals surface area contributed by atoms with Gasteiger partial charge < -0.3 is 5.73 Å². The highest BCUT2D eigenvalue weighted by atomic mass is 32.2. The predicted molar refractivity (Wildman–Crippen MR) is 55.6 cm³/mol. The van der Waals surface area contributed by atoms with Crippen molar-refractivity contribution in [3.8, 4) is 0 Å². The summed E-state index contributed by atoms with van der Waals surface area (Å²) in [6.07, 6.45) is 4.23. The molecular weight excluding hydrogens is 170 g/mol. The van der Waals surface area contributed by atoms with Crippen molar-refractivity contribution in [1.82, 2.24) is 0 Å². The fourth-order valence-corrected chi connectivity index (χ4v) is 1.82. The Morgan fingerprint density at radius 2 is 2.08 bits per heavy atom. The van der Waals surface area contributed by atoms with E-state index in [2.05, 4.69) is 19.9 Å². The molecule has 0 radical (unpaired) electrons. The van der Waals surface area contributed by atoms with E-state index in [0.717, 1.165) is 18.6 Å². The van der Waals surface area contributed by atoms with E-state index < -0.39 is 10.8 Å². The van der Waals surface area contributed by atoms with E-state index >= 15 is 0 Å². The molecule has 2 nitrogen and oxygen atoms in total. The number of rotatable bonds is 6. The Kier molecular flexibility index (Phi) is 7.40. The lowest BCUT2D eigenvalue weighted by Crippen LogP contribution is -2.12. The van der Waals surface area contributed by atoms with Crippen molar-refractivity contribution in [2.75, 3.05) is 18.1 Å². The van der Waals surface area contributed by atoms with Gasteiger partial charge in [-0.15, -0.1) is 0 Å². The predicted octanol–water partition coefficient (Wildman–Crippen LogP) is 1.44. The van der Waals surface area contributed by atoms with Gasteiger partial charge in [-0.05, 0) is 26.7 Å². The highest BCUT2D eigenvalue weighted by molar-refractivity contribution is 7.84. The number of unbranched alkanes of at least 4 members (excludes halogenated alkanes) is 1. The van der Waals surface area contributed by atoms with Crippen molar-refractivity contribution in [2.45, 2.75) is 26.7 Å². The van der Waals surface area contributed by atoms with E-state index in [0.29, 0.717) is 12.3 Å². The molecule has 2 N–H and O–H groups in total. The second kappa shape index (κ2) is 7.50. The van der Waals surface area contributed by atoms with E-state index in [1.807, 2.05) is 0 Å². The summed E-state index contributed by atoms with van der Waals surface area (Å²) in [5.41, 5.74) is 6.61. The minimum Gasteiger partial charge on any atom is -0.330 e. The standard InChI is InChI=1S/C9H19NOS/c1-9(2)5-3-4-7-12(11)8-6-10/h5H,3-4,6-8,10H2,1-2H3. The monoisotopic (exact) mass is 189 g/mol. The number of allylic oxidation sites excluding steroid dienone is 2. The molecule has 0 heterocycles. The molecule has 0 fully saturated rings. The van der Waals surface area contributed by atoms with Gasteiger partial charge in [-0.1, -0.05) is 11.6 Å². The average molecular weight is 189 g/mol. The third-order valence-corrected chi connectivity index (χ3v) is 2.91. The Hall–Kier alpha value is -0.150. The Labute approximate surface area is 77.7 Å². The zero-order valence-electron chi connectivity index (χ0n) is 8.01. The number of nitrogens with two attached hydrogens (primary N) is 1. The Balaban J connectivity index is 3.31. The largest absolute Gasteiger partial charge is 0.330 e. The number of hydrogen-bond donors (Lipinski definition) is 1. The maximum atomic E-state index is 11.1. The molecule has 0 aromatic carbocycles. The fraction of sp³-hybridized carbons (Fsp3) is 0.778. The Morgan fingerprint density at radius 3 is 2.58 bits per heavy atom. The summed E-state index contributed by atoms with van der Waals surface area (Å²) in [6.45, 7) is 4.70. The highest BCUT2D eigenvalue weighted by Gasteiger charge is 1.95. The molecule has 0 amide bonds. The van der Waals surface area contributed by atoms with Crippen LogP contribution in [0.4, 0.5) is 0 Å². The molecule has 0 aliphatic heterocycles. The van der Waals surface area contributed by atoms with Gasteiger partial charge in [0.25, 0.3) is 0 Å². The van der Waals surface area contributed by atoms with Crippen molar-refractivity contribution < 1.29 is 4.21 Å². The summed E-state index contributed by atoms with van der Waals surface area (Å²) in [6, 6.07) is 0. The molecule has 1 atom stereocenters. The molecule has 0 aromatic rings. The summed E-state index contributed by atoms with van der Waals surface area (Å²) in [5, 5.41) is 0. The summed E-state index contributed by atoms with van der Waals surface area (Å²) in [4.78, 5) is 0. The third-order valence-electron chi connectivity index (χ3n) is 1.47. The zero-order valence-corrected chi connectivity index (χ0v) is 8.82. The summed E-state index contributed by atoms with van der Waals surface area (Å²) < 4.78 is 11.1. The van der Waals surface area contributed by atoms with Crippen LogP contribution in [0.2, 0.25) is 0 Å². The van der Waals surface area contributed by atoms with E-state index in [-0.39, 0.29) is 0 Å². The van der Waals surface area contributed by atoms with Crippen LogP contribution in [0.5, 0.6) is 0 Å². The van der Waals surface area contributed by atoms with Crippen molar-refractivity contribution in [1.29, 1.82) is 0 Å². The highest BCUT2D eigenvalue weighted by Crippen LogP contribution is 1.98. The first-order valence-electron chi connectivity index (χ1n) is 4.35. The van der Waals surface area contributed by atoms with Crippen LogP contribution >= 0.6 is 0 Å². The summed E-state index contributed by atoms with van der Waals surface area (Å²) >= 11 is 0. The lowest BCUT2D eigenvalue weighted by Gasteiger charge is -1.97. The smallest absolute Gasteiger partial charge is 0.0357 e. The molecule has 0 saturated carbocycles. The second-order valence-corrected chi connectivity index (χ2v) is 4.76. The van der Waals surface area contributed by atoms with E-state index in [1.165, 1.54) is 5.57 Å². The first-order valence-corrected chi connectivity index (χ1v) is 5.84. The van der Waals surface area contributed by atoms with Crippen LogP contribution in [-0.4, -0.2) is 22.3 Å². The SMILES string of the molecule is CC(C)=CCCCS(=O)CCN. The molecule has 0 aliphatic carbocycles. The average Bonchev–Trinajstić information content (AvgIpc) is 1.98. The van der Waals surface area contributed by atoms with Gasteiger partial charge in [0.1, 0.15) is 0 Å². The first kappa shape index (κ1) is 11.8. The molecule has 0 spiro atoms. The zero-order chi connectivity index (χ0) is 9.40. The van der Waals surface area contributed by atoms with Gasteiger partial charge in [-0.25, -0.2) is 0 Å². The molecule has 72 valence electrons. The van der Waals surface area contributed by atoms with Gasteiger partial charge in [-0.3, -0.25) is 4.21 Å². The van der Waals surface area contributed by atoms with E-state index in [9.17, 15) is 4.21 Å². The van der Waals surface area contributed by atoms with Crippen molar-refractivity contribution in [3.63, 3.8) is 0 Å². The molecule has 0 bridgehead atoms. The van der Waals surface area contributed by atoms with Gasteiger partial charge in [0, 0.05) is 28.9 Å². The molecule has 12 heavy (non-hydrogen) atoms. The van der Waals surface area contributed by atoms with Crippen LogP contribution in [-0.2, 0) is 10.8 Å². The first-order chi connectivity index (χ1) is 5.66. The Bertz CT molecular complexity index is 162. The molecule has 0 aliphatic rings. The van der Waals surface area contributed by atoms with Gasteiger partial charge in [0.15, 0.2) is 0 Å². The van der Waals surface area contributed by atoms with Crippen LogP contribution in [0.1, 0.15) is 26.7 Å². The number of hydrogen-bond acceptors (Lipinski definition) is 2. The second-order valence-electron chi connectivity index (χ2n) is 3.06. The molecule has 0 rings (SSSR count). The molecule has 0 saturated heterocycles. The molecular formula is C9H19NOS. The molecule has 0 aromatic heterocycles. The Morgan fingerprint density at radius 1 is 1.42 bits per heavy atom. The van der Waals surface area contributed by atoms with E-state index in [4.69, 9.17) is 5.73 Å². The lowest BCUT2D eigenvalue weighted by atomic mass is 10.2. The summed E-state index contributed by atoms with van der Waals surface area (Å²) in [5.74, 6) is 1.44. The van der Waals surface area contributed by atoms with E-state index in [1.54, 1.807) is 0 Å². The minimum atomic E-state index is -0.689. The van der Waals surface area contributed by atoms with Gasteiger partial charge in [-0.2, -0.15) is 0 Å². The molecule has 3 heteroatoms. The van der Waals surface area contributed by atoms with Crippen molar-refractivity contribution >= 4 is 10.8 Å². The van der Waals surface area contributed by atoms with Crippen LogP contribution in [0, 0.1) is 0 Å². The third kappa shape index (κ3) is 7.95.